The minimum absolute atomic E-state index is 0.0248. The SMILES string of the molecule is O=C(Nc1ncc(CO)s1)C(=NOC1CCCC1)c1ccc(S(=O)(=O)C2CC2)cc1. The summed E-state index contributed by atoms with van der Waals surface area (Å²) in [7, 11) is -3.31. The Bertz CT molecular complexity index is 1040. The highest BCUT2D eigenvalue weighted by molar-refractivity contribution is 7.92. The molecule has 1 amide bonds. The van der Waals surface area contributed by atoms with E-state index in [1.165, 1.54) is 18.3 Å². The number of anilines is 1. The predicted octanol–water partition coefficient (Wildman–Crippen LogP) is 2.87. The van der Waals surface area contributed by atoms with E-state index >= 15 is 0 Å². The first-order chi connectivity index (χ1) is 14.5. The van der Waals surface area contributed by atoms with Gasteiger partial charge in [-0.05, 0) is 50.7 Å². The summed E-state index contributed by atoms with van der Waals surface area (Å²) < 4.78 is 24.8. The van der Waals surface area contributed by atoms with Crippen LogP contribution in [0.2, 0.25) is 0 Å². The van der Waals surface area contributed by atoms with Gasteiger partial charge in [-0.25, -0.2) is 13.4 Å². The van der Waals surface area contributed by atoms with Gasteiger partial charge in [0.2, 0.25) is 0 Å². The molecule has 0 spiro atoms. The number of carbonyl (C=O) groups excluding carboxylic acids is 1. The van der Waals surface area contributed by atoms with Crippen molar-refractivity contribution in [1.29, 1.82) is 0 Å². The van der Waals surface area contributed by atoms with Crippen LogP contribution in [0.1, 0.15) is 49.0 Å². The third-order valence-electron chi connectivity index (χ3n) is 5.16. The zero-order chi connectivity index (χ0) is 21.1. The molecule has 0 bridgehead atoms. The van der Waals surface area contributed by atoms with Crippen LogP contribution < -0.4 is 5.32 Å². The number of carbonyl (C=O) groups is 1. The lowest BCUT2D eigenvalue weighted by Crippen LogP contribution is -2.25. The highest BCUT2D eigenvalue weighted by atomic mass is 32.2. The Morgan fingerprint density at radius 1 is 1.20 bits per heavy atom. The molecule has 0 radical (unpaired) electrons. The number of sulfone groups is 1. The highest BCUT2D eigenvalue weighted by Crippen LogP contribution is 2.33. The summed E-state index contributed by atoms with van der Waals surface area (Å²) in [5.74, 6) is -0.510. The fraction of sp³-hybridized carbons (Fsp3) is 0.450. The van der Waals surface area contributed by atoms with Gasteiger partial charge in [0, 0.05) is 11.8 Å². The number of thiazole rings is 1. The topological polar surface area (TPSA) is 118 Å². The van der Waals surface area contributed by atoms with Gasteiger partial charge in [0.25, 0.3) is 5.91 Å². The Hall–Kier alpha value is -2.30. The number of rotatable bonds is 8. The van der Waals surface area contributed by atoms with Crippen LogP contribution in [0.25, 0.3) is 0 Å². The van der Waals surface area contributed by atoms with Gasteiger partial charge < -0.3 is 9.94 Å². The fourth-order valence-electron chi connectivity index (χ4n) is 3.31. The largest absolute Gasteiger partial charge is 0.392 e. The number of oxime groups is 1. The standard InChI is InChI=1S/C20H23N3O5S2/c24-12-15-11-21-20(29-15)22-19(25)18(23-28-14-3-1-2-4-14)13-5-7-16(8-6-13)30(26,27)17-9-10-17/h5-8,11,14,17,24H,1-4,9-10,12H2,(H,21,22,25). The predicted molar refractivity (Wildman–Crippen MR) is 113 cm³/mol. The molecule has 1 heterocycles. The number of benzene rings is 1. The minimum Gasteiger partial charge on any atom is -0.392 e. The summed E-state index contributed by atoms with van der Waals surface area (Å²) >= 11 is 1.16. The van der Waals surface area contributed by atoms with Crippen molar-refractivity contribution in [3.63, 3.8) is 0 Å². The number of aromatic nitrogens is 1. The Balaban J connectivity index is 1.57. The summed E-state index contributed by atoms with van der Waals surface area (Å²) in [5, 5.41) is 16.0. The maximum absolute atomic E-state index is 12.9. The molecule has 0 saturated heterocycles. The molecule has 2 N–H and O–H groups in total. The number of amides is 1. The van der Waals surface area contributed by atoms with Crippen molar-refractivity contribution in [2.45, 2.75) is 61.4 Å². The maximum Gasteiger partial charge on any atom is 0.280 e. The van der Waals surface area contributed by atoms with Gasteiger partial charge in [0.1, 0.15) is 6.10 Å². The van der Waals surface area contributed by atoms with E-state index in [0.717, 1.165) is 37.0 Å². The number of aliphatic hydroxyl groups excluding tert-OH is 1. The second-order valence-corrected chi connectivity index (χ2v) is 10.8. The van der Waals surface area contributed by atoms with Crippen molar-refractivity contribution in [1.82, 2.24) is 4.98 Å². The van der Waals surface area contributed by atoms with Crippen molar-refractivity contribution < 1.29 is 23.2 Å². The van der Waals surface area contributed by atoms with Gasteiger partial charge in [-0.15, -0.1) is 0 Å². The van der Waals surface area contributed by atoms with E-state index < -0.39 is 15.7 Å². The summed E-state index contributed by atoms with van der Waals surface area (Å²) in [6.45, 7) is -0.157. The molecule has 0 atom stereocenters. The van der Waals surface area contributed by atoms with E-state index in [-0.39, 0.29) is 28.6 Å². The Kier molecular flexibility index (Phi) is 6.16. The van der Waals surface area contributed by atoms with E-state index in [2.05, 4.69) is 15.5 Å². The van der Waals surface area contributed by atoms with E-state index in [9.17, 15) is 18.3 Å². The van der Waals surface area contributed by atoms with Crippen molar-refractivity contribution >= 4 is 37.9 Å². The molecule has 1 aromatic carbocycles. The molecule has 1 aromatic heterocycles. The van der Waals surface area contributed by atoms with E-state index in [4.69, 9.17) is 4.84 Å². The van der Waals surface area contributed by atoms with Crippen LogP contribution in [-0.4, -0.2) is 41.5 Å². The van der Waals surface area contributed by atoms with E-state index in [1.807, 2.05) is 0 Å². The summed E-state index contributed by atoms with van der Waals surface area (Å²) in [6.07, 6.45) is 6.77. The molecule has 2 fully saturated rings. The molecule has 10 heteroatoms. The summed E-state index contributed by atoms with van der Waals surface area (Å²) in [4.78, 5) is 23.4. The summed E-state index contributed by atoms with van der Waals surface area (Å²) in [6, 6.07) is 6.17. The molecule has 2 aliphatic carbocycles. The molecule has 0 unspecified atom stereocenters. The van der Waals surface area contributed by atoms with Crippen LogP contribution in [0.15, 0.2) is 40.5 Å². The molecule has 0 aliphatic heterocycles. The zero-order valence-electron chi connectivity index (χ0n) is 16.3. The second kappa shape index (κ2) is 8.83. The normalized spacial score (nSPS) is 17.8. The highest BCUT2D eigenvalue weighted by Gasteiger charge is 2.36. The van der Waals surface area contributed by atoms with Crippen molar-refractivity contribution in [2.24, 2.45) is 5.16 Å². The van der Waals surface area contributed by atoms with Crippen LogP contribution in [-0.2, 0) is 26.1 Å². The van der Waals surface area contributed by atoms with Crippen molar-refractivity contribution in [3.8, 4) is 0 Å². The van der Waals surface area contributed by atoms with Gasteiger partial charge in [0.15, 0.2) is 20.7 Å². The van der Waals surface area contributed by atoms with Gasteiger partial charge in [-0.2, -0.15) is 0 Å². The third-order valence-corrected chi connectivity index (χ3v) is 8.34. The molecular weight excluding hydrogens is 426 g/mol. The minimum atomic E-state index is -3.31. The number of hydrogen-bond donors (Lipinski definition) is 2. The van der Waals surface area contributed by atoms with Gasteiger partial charge >= 0.3 is 0 Å². The second-order valence-electron chi connectivity index (χ2n) is 7.46. The van der Waals surface area contributed by atoms with Crippen LogP contribution in [0.4, 0.5) is 5.13 Å². The Morgan fingerprint density at radius 2 is 1.90 bits per heavy atom. The molecule has 4 rings (SSSR count). The van der Waals surface area contributed by atoms with E-state index in [0.29, 0.717) is 28.4 Å². The monoisotopic (exact) mass is 449 g/mol. The molecule has 2 aliphatic rings. The maximum atomic E-state index is 12.9. The zero-order valence-corrected chi connectivity index (χ0v) is 17.9. The average molecular weight is 450 g/mol. The van der Waals surface area contributed by atoms with Gasteiger partial charge in [0.05, 0.1) is 21.6 Å². The van der Waals surface area contributed by atoms with Crippen LogP contribution >= 0.6 is 11.3 Å². The first-order valence-electron chi connectivity index (χ1n) is 9.92. The summed E-state index contributed by atoms with van der Waals surface area (Å²) in [5.41, 5.74) is 0.511. The lowest BCUT2D eigenvalue weighted by atomic mass is 10.1. The molecule has 2 aromatic rings. The molecule has 2 saturated carbocycles. The quantitative estimate of drug-likeness (QED) is 0.473. The van der Waals surface area contributed by atoms with E-state index in [1.54, 1.807) is 12.1 Å². The molecule has 160 valence electrons. The number of nitrogens with zero attached hydrogens (tertiary/aromatic N) is 2. The van der Waals surface area contributed by atoms with Crippen LogP contribution in [0.5, 0.6) is 0 Å². The van der Waals surface area contributed by atoms with Crippen LogP contribution in [0, 0.1) is 0 Å². The lowest BCUT2D eigenvalue weighted by molar-refractivity contribution is -0.110. The Labute approximate surface area is 178 Å². The molecular formula is C20H23N3O5S2. The van der Waals surface area contributed by atoms with Crippen molar-refractivity contribution in [3.05, 3.63) is 40.9 Å². The lowest BCUT2D eigenvalue weighted by Gasteiger charge is -2.11. The van der Waals surface area contributed by atoms with Crippen LogP contribution in [0.3, 0.4) is 0 Å². The third kappa shape index (κ3) is 4.71. The number of aliphatic hydroxyl groups is 1. The van der Waals surface area contributed by atoms with Gasteiger partial charge in [-0.1, -0.05) is 28.6 Å². The first-order valence-corrected chi connectivity index (χ1v) is 12.3. The molecule has 8 nitrogen and oxygen atoms in total. The number of nitrogens with one attached hydrogen (secondary N) is 1. The first kappa shape index (κ1) is 21.0. The number of hydrogen-bond acceptors (Lipinski definition) is 8. The smallest absolute Gasteiger partial charge is 0.280 e. The van der Waals surface area contributed by atoms with Gasteiger partial charge in [-0.3, -0.25) is 10.1 Å². The van der Waals surface area contributed by atoms with Crippen molar-refractivity contribution in [2.75, 3.05) is 5.32 Å². The molecule has 30 heavy (non-hydrogen) atoms. The average Bonchev–Trinajstić information content (AvgIpc) is 3.31. The fourth-order valence-corrected chi connectivity index (χ4v) is 5.64. The Morgan fingerprint density at radius 3 is 2.50 bits per heavy atom.